The van der Waals surface area contributed by atoms with Crippen LogP contribution in [0.25, 0.3) is 0 Å². The van der Waals surface area contributed by atoms with E-state index < -0.39 is 0 Å². The lowest BCUT2D eigenvalue weighted by atomic mass is 9.86. The van der Waals surface area contributed by atoms with Gasteiger partial charge in [-0.15, -0.1) is 12.4 Å². The molecular weight excluding hydrogens is 308 g/mol. The Hall–Kier alpha value is -1.06. The zero-order valence-corrected chi connectivity index (χ0v) is 15.7. The maximum absolute atomic E-state index is 12.3. The molecule has 1 saturated heterocycles. The maximum Gasteiger partial charge on any atom is 0.222 e. The van der Waals surface area contributed by atoms with Crippen LogP contribution in [0.15, 0.2) is 24.3 Å². The summed E-state index contributed by atoms with van der Waals surface area (Å²) in [6.07, 6.45) is 2.43. The van der Waals surface area contributed by atoms with Crippen molar-refractivity contribution in [3.05, 3.63) is 35.4 Å². The standard InChI is InChI=1S/C19H30N2O.ClH/c1-18(2,3)16-8-5-15(6-9-16)7-10-17(22)21-12-11-19(4,13-20)14-21;/h5-6,8-9H,7,10-14,20H2,1-4H3;1H. The summed E-state index contributed by atoms with van der Waals surface area (Å²) in [5.41, 5.74) is 8.67. The number of rotatable bonds is 4. The molecule has 2 rings (SSSR count). The molecule has 1 amide bonds. The summed E-state index contributed by atoms with van der Waals surface area (Å²) in [6.45, 7) is 11.1. The Balaban J connectivity index is 0.00000264. The van der Waals surface area contributed by atoms with Crippen molar-refractivity contribution in [3.8, 4) is 0 Å². The average molecular weight is 339 g/mol. The zero-order chi connectivity index (χ0) is 16.4. The molecule has 0 aliphatic carbocycles. The van der Waals surface area contributed by atoms with E-state index in [9.17, 15) is 4.79 Å². The lowest BCUT2D eigenvalue weighted by Crippen LogP contribution is -2.34. The van der Waals surface area contributed by atoms with E-state index in [-0.39, 0.29) is 29.1 Å². The summed E-state index contributed by atoms with van der Waals surface area (Å²) in [4.78, 5) is 14.3. The molecule has 1 aromatic carbocycles. The van der Waals surface area contributed by atoms with Gasteiger partial charge in [0.25, 0.3) is 0 Å². The Morgan fingerprint density at radius 1 is 1.26 bits per heavy atom. The Morgan fingerprint density at radius 3 is 2.35 bits per heavy atom. The van der Waals surface area contributed by atoms with E-state index in [1.807, 2.05) is 4.90 Å². The Labute approximate surface area is 147 Å². The van der Waals surface area contributed by atoms with Crippen LogP contribution < -0.4 is 5.73 Å². The predicted octanol–water partition coefficient (Wildman–Crippen LogP) is 3.54. The fourth-order valence-electron chi connectivity index (χ4n) is 2.98. The minimum Gasteiger partial charge on any atom is -0.342 e. The van der Waals surface area contributed by atoms with Gasteiger partial charge >= 0.3 is 0 Å². The van der Waals surface area contributed by atoms with Crippen LogP contribution in [0.3, 0.4) is 0 Å². The molecule has 1 aliphatic rings. The van der Waals surface area contributed by atoms with Crippen LogP contribution in [0.1, 0.15) is 51.7 Å². The molecule has 0 radical (unpaired) electrons. The van der Waals surface area contributed by atoms with Crippen LogP contribution in [-0.2, 0) is 16.6 Å². The summed E-state index contributed by atoms with van der Waals surface area (Å²) in [5.74, 6) is 0.261. The lowest BCUT2D eigenvalue weighted by Gasteiger charge is -2.22. The molecule has 130 valence electrons. The highest BCUT2D eigenvalue weighted by Gasteiger charge is 2.34. The second kappa shape index (κ2) is 7.67. The third kappa shape index (κ3) is 5.22. The highest BCUT2D eigenvalue weighted by Crippen LogP contribution is 2.29. The van der Waals surface area contributed by atoms with Gasteiger partial charge in [-0.3, -0.25) is 4.79 Å². The first-order chi connectivity index (χ1) is 10.2. The molecule has 0 spiro atoms. The van der Waals surface area contributed by atoms with Gasteiger partial charge in [-0.1, -0.05) is 52.0 Å². The third-order valence-electron chi connectivity index (χ3n) is 4.85. The van der Waals surface area contributed by atoms with E-state index in [1.165, 1.54) is 11.1 Å². The van der Waals surface area contributed by atoms with Gasteiger partial charge in [0.05, 0.1) is 0 Å². The smallest absolute Gasteiger partial charge is 0.222 e. The number of nitrogens with two attached hydrogens (primary N) is 1. The van der Waals surface area contributed by atoms with E-state index >= 15 is 0 Å². The molecule has 0 saturated carbocycles. The number of carbonyl (C=O) groups is 1. The average Bonchev–Trinajstić information content (AvgIpc) is 2.88. The molecule has 1 aromatic rings. The number of likely N-dealkylation sites (tertiary alicyclic amines) is 1. The van der Waals surface area contributed by atoms with Gasteiger partial charge in [0.15, 0.2) is 0 Å². The third-order valence-corrected chi connectivity index (χ3v) is 4.85. The first-order valence-electron chi connectivity index (χ1n) is 8.31. The van der Waals surface area contributed by atoms with Crippen molar-refractivity contribution in [2.45, 2.75) is 52.4 Å². The number of nitrogens with zero attached hydrogens (tertiary/aromatic N) is 1. The number of amides is 1. The molecule has 2 N–H and O–H groups in total. The van der Waals surface area contributed by atoms with Gasteiger partial charge in [0.1, 0.15) is 0 Å². The van der Waals surface area contributed by atoms with Crippen LogP contribution in [0.4, 0.5) is 0 Å². The Bertz CT molecular complexity index is 521. The maximum atomic E-state index is 12.3. The Morgan fingerprint density at radius 2 is 1.87 bits per heavy atom. The van der Waals surface area contributed by atoms with Crippen LogP contribution in [0, 0.1) is 5.41 Å². The monoisotopic (exact) mass is 338 g/mol. The van der Waals surface area contributed by atoms with E-state index in [1.54, 1.807) is 0 Å². The SMILES string of the molecule is CC1(CN)CCN(C(=O)CCc2ccc(C(C)(C)C)cc2)C1.Cl. The zero-order valence-electron chi connectivity index (χ0n) is 14.9. The fourth-order valence-corrected chi connectivity index (χ4v) is 2.98. The quantitative estimate of drug-likeness (QED) is 0.912. The molecule has 1 fully saturated rings. The number of hydrogen-bond donors (Lipinski definition) is 1. The van der Waals surface area contributed by atoms with Gasteiger partial charge < -0.3 is 10.6 Å². The van der Waals surface area contributed by atoms with Crippen molar-refractivity contribution in [1.82, 2.24) is 4.90 Å². The summed E-state index contributed by atoms with van der Waals surface area (Å²) in [7, 11) is 0. The molecule has 4 heteroatoms. The van der Waals surface area contributed by atoms with E-state index in [0.29, 0.717) is 13.0 Å². The molecule has 1 atom stereocenters. The number of halogens is 1. The normalized spacial score (nSPS) is 21.2. The summed E-state index contributed by atoms with van der Waals surface area (Å²) >= 11 is 0. The number of hydrogen-bond acceptors (Lipinski definition) is 2. The summed E-state index contributed by atoms with van der Waals surface area (Å²) < 4.78 is 0. The van der Waals surface area contributed by atoms with Crippen molar-refractivity contribution in [2.75, 3.05) is 19.6 Å². The van der Waals surface area contributed by atoms with Gasteiger partial charge in [-0.05, 0) is 41.3 Å². The minimum atomic E-state index is 0. The van der Waals surface area contributed by atoms with Crippen molar-refractivity contribution in [2.24, 2.45) is 11.1 Å². The first kappa shape index (κ1) is 20.0. The summed E-state index contributed by atoms with van der Waals surface area (Å²) in [6, 6.07) is 8.67. The van der Waals surface area contributed by atoms with E-state index in [4.69, 9.17) is 5.73 Å². The summed E-state index contributed by atoms with van der Waals surface area (Å²) in [5, 5.41) is 0. The van der Waals surface area contributed by atoms with Crippen LogP contribution in [0.5, 0.6) is 0 Å². The minimum absolute atomic E-state index is 0. The van der Waals surface area contributed by atoms with Gasteiger partial charge in [0.2, 0.25) is 5.91 Å². The highest BCUT2D eigenvalue weighted by atomic mass is 35.5. The van der Waals surface area contributed by atoms with Crippen molar-refractivity contribution < 1.29 is 4.79 Å². The second-order valence-corrected chi connectivity index (χ2v) is 8.03. The Kier molecular flexibility index (Phi) is 6.67. The highest BCUT2D eigenvalue weighted by molar-refractivity contribution is 5.85. The fraction of sp³-hybridized carbons (Fsp3) is 0.632. The second-order valence-electron chi connectivity index (χ2n) is 8.03. The molecule has 1 heterocycles. The first-order valence-corrected chi connectivity index (χ1v) is 8.31. The molecular formula is C19H31ClN2O. The molecule has 1 unspecified atom stereocenters. The van der Waals surface area contributed by atoms with E-state index in [0.717, 1.165) is 25.9 Å². The number of benzene rings is 1. The molecule has 0 aromatic heterocycles. The van der Waals surface area contributed by atoms with E-state index in [2.05, 4.69) is 52.0 Å². The van der Waals surface area contributed by atoms with Gasteiger partial charge in [0, 0.05) is 19.5 Å². The number of aryl methyl sites for hydroxylation is 1. The van der Waals surface area contributed by atoms with Crippen molar-refractivity contribution in [1.29, 1.82) is 0 Å². The lowest BCUT2D eigenvalue weighted by molar-refractivity contribution is -0.130. The van der Waals surface area contributed by atoms with Crippen molar-refractivity contribution in [3.63, 3.8) is 0 Å². The number of carbonyl (C=O) groups excluding carboxylic acids is 1. The molecule has 3 nitrogen and oxygen atoms in total. The largest absolute Gasteiger partial charge is 0.342 e. The van der Waals surface area contributed by atoms with Crippen molar-refractivity contribution >= 4 is 18.3 Å². The predicted molar refractivity (Wildman–Crippen MR) is 99.1 cm³/mol. The van der Waals surface area contributed by atoms with Crippen LogP contribution in [0.2, 0.25) is 0 Å². The molecule has 0 bridgehead atoms. The van der Waals surface area contributed by atoms with Gasteiger partial charge in [-0.25, -0.2) is 0 Å². The van der Waals surface area contributed by atoms with Gasteiger partial charge in [-0.2, -0.15) is 0 Å². The van der Waals surface area contributed by atoms with Crippen LogP contribution >= 0.6 is 12.4 Å². The topological polar surface area (TPSA) is 46.3 Å². The molecule has 23 heavy (non-hydrogen) atoms. The molecule has 1 aliphatic heterocycles. The van der Waals surface area contributed by atoms with Crippen LogP contribution in [-0.4, -0.2) is 30.4 Å².